The van der Waals surface area contributed by atoms with Crippen LogP contribution in [-0.2, 0) is 0 Å². The molecule has 2 atom stereocenters. The number of phenolic OH excluding ortho intramolecular Hbond substituents is 1. The van der Waals surface area contributed by atoms with Gasteiger partial charge in [0.2, 0.25) is 0 Å². The van der Waals surface area contributed by atoms with Crippen LogP contribution in [0.2, 0.25) is 0 Å². The number of halogens is 1. The van der Waals surface area contributed by atoms with Crippen molar-refractivity contribution in [2.75, 3.05) is 13.1 Å². The first-order valence-corrected chi connectivity index (χ1v) is 6.67. The molecule has 0 radical (unpaired) electrons. The lowest BCUT2D eigenvalue weighted by atomic mass is 10.1. The van der Waals surface area contributed by atoms with E-state index >= 15 is 0 Å². The Kier molecular flexibility index (Phi) is 3.14. The van der Waals surface area contributed by atoms with E-state index in [1.807, 2.05) is 0 Å². The zero-order valence-corrected chi connectivity index (χ0v) is 10.6. The molecule has 2 N–H and O–H groups in total. The molecule has 5 heteroatoms. The van der Waals surface area contributed by atoms with Crippen molar-refractivity contribution < 1.29 is 14.3 Å². The number of benzene rings is 1. The summed E-state index contributed by atoms with van der Waals surface area (Å²) in [7, 11) is 0. The largest absolute Gasteiger partial charge is 0.507 e. The Bertz CT molecular complexity index is 506. The second-order valence-corrected chi connectivity index (χ2v) is 5.34. The number of likely N-dealkylation sites (tertiary alicyclic amines) is 1. The molecule has 2 unspecified atom stereocenters. The van der Waals surface area contributed by atoms with Crippen LogP contribution in [0.1, 0.15) is 29.6 Å². The van der Waals surface area contributed by atoms with Gasteiger partial charge in [-0.25, -0.2) is 4.39 Å². The minimum Gasteiger partial charge on any atom is -0.507 e. The fourth-order valence-corrected chi connectivity index (χ4v) is 2.98. The molecule has 2 heterocycles. The number of hydrogen-bond donors (Lipinski definition) is 2. The van der Waals surface area contributed by atoms with E-state index in [1.165, 1.54) is 6.07 Å². The van der Waals surface area contributed by atoms with Crippen molar-refractivity contribution in [2.24, 2.45) is 0 Å². The second kappa shape index (κ2) is 4.81. The number of nitrogens with zero attached hydrogens (tertiary/aromatic N) is 1. The van der Waals surface area contributed by atoms with Crippen molar-refractivity contribution in [3.05, 3.63) is 29.6 Å². The predicted octanol–water partition coefficient (Wildman–Crippen LogP) is 1.50. The summed E-state index contributed by atoms with van der Waals surface area (Å²) < 4.78 is 13.2. The molecule has 2 aliphatic heterocycles. The summed E-state index contributed by atoms with van der Waals surface area (Å²) in [6.07, 6.45) is 3.15. The predicted molar refractivity (Wildman–Crippen MR) is 68.5 cm³/mol. The van der Waals surface area contributed by atoms with Crippen LogP contribution in [0.4, 0.5) is 4.39 Å². The first-order chi connectivity index (χ1) is 9.13. The van der Waals surface area contributed by atoms with Gasteiger partial charge in [-0.15, -0.1) is 0 Å². The summed E-state index contributed by atoms with van der Waals surface area (Å²) in [5.41, 5.74) is 0.0535. The first kappa shape index (κ1) is 12.4. The van der Waals surface area contributed by atoms with Crippen LogP contribution in [0, 0.1) is 5.82 Å². The van der Waals surface area contributed by atoms with E-state index in [9.17, 15) is 14.3 Å². The Morgan fingerprint density at radius 3 is 2.95 bits per heavy atom. The molecule has 0 aliphatic carbocycles. The van der Waals surface area contributed by atoms with Crippen molar-refractivity contribution in [1.29, 1.82) is 0 Å². The van der Waals surface area contributed by atoms with E-state index < -0.39 is 5.82 Å². The summed E-state index contributed by atoms with van der Waals surface area (Å²) >= 11 is 0. The number of aromatic hydroxyl groups is 1. The molecule has 1 amide bonds. The maximum absolute atomic E-state index is 13.2. The lowest BCUT2D eigenvalue weighted by Crippen LogP contribution is -2.39. The van der Waals surface area contributed by atoms with E-state index in [0.29, 0.717) is 25.2 Å². The maximum atomic E-state index is 13.2. The fourth-order valence-electron chi connectivity index (χ4n) is 2.98. The second-order valence-electron chi connectivity index (χ2n) is 5.34. The number of fused-ring (bicyclic) bond motifs is 2. The lowest BCUT2D eigenvalue weighted by Gasteiger charge is -2.24. The van der Waals surface area contributed by atoms with Gasteiger partial charge in [-0.2, -0.15) is 0 Å². The summed E-state index contributed by atoms with van der Waals surface area (Å²) in [5.74, 6) is -0.948. The molecule has 1 aromatic carbocycles. The van der Waals surface area contributed by atoms with Gasteiger partial charge < -0.3 is 15.3 Å². The molecular formula is C14H17FN2O2. The topological polar surface area (TPSA) is 52.6 Å². The molecule has 19 heavy (non-hydrogen) atoms. The van der Waals surface area contributed by atoms with Crippen molar-refractivity contribution in [3.8, 4) is 5.75 Å². The summed E-state index contributed by atoms with van der Waals surface area (Å²) in [6, 6.07) is 4.30. The third-order valence-corrected chi connectivity index (χ3v) is 4.00. The van der Waals surface area contributed by atoms with E-state index in [4.69, 9.17) is 0 Å². The highest BCUT2D eigenvalue weighted by Crippen LogP contribution is 2.24. The molecule has 2 saturated heterocycles. The van der Waals surface area contributed by atoms with Gasteiger partial charge in [0.15, 0.2) is 0 Å². The third-order valence-electron chi connectivity index (χ3n) is 4.00. The molecule has 2 fully saturated rings. The Hall–Kier alpha value is -1.62. The number of rotatable bonds is 1. The fraction of sp³-hybridized carbons (Fsp3) is 0.500. The Labute approximate surface area is 111 Å². The number of phenols is 1. The molecular weight excluding hydrogens is 247 g/mol. The van der Waals surface area contributed by atoms with Crippen molar-refractivity contribution >= 4 is 5.91 Å². The van der Waals surface area contributed by atoms with E-state index in [1.54, 1.807) is 4.90 Å². The van der Waals surface area contributed by atoms with Gasteiger partial charge in [0, 0.05) is 25.2 Å². The number of hydrogen-bond acceptors (Lipinski definition) is 3. The molecule has 3 rings (SSSR count). The molecule has 2 bridgehead atoms. The van der Waals surface area contributed by atoms with Gasteiger partial charge >= 0.3 is 0 Å². The maximum Gasteiger partial charge on any atom is 0.257 e. The minimum absolute atomic E-state index is 0.0535. The average Bonchev–Trinajstić information content (AvgIpc) is 2.71. The molecule has 4 nitrogen and oxygen atoms in total. The molecule has 0 saturated carbocycles. The van der Waals surface area contributed by atoms with Crippen molar-refractivity contribution in [3.63, 3.8) is 0 Å². The summed E-state index contributed by atoms with van der Waals surface area (Å²) in [5, 5.41) is 13.2. The molecule has 1 aromatic rings. The number of amides is 1. The average molecular weight is 264 g/mol. The van der Waals surface area contributed by atoms with Gasteiger partial charge in [0.05, 0.1) is 5.56 Å². The number of nitrogens with one attached hydrogen (secondary N) is 1. The molecule has 0 spiro atoms. The van der Waals surface area contributed by atoms with E-state index in [0.717, 1.165) is 31.4 Å². The van der Waals surface area contributed by atoms with Crippen LogP contribution in [0.15, 0.2) is 18.2 Å². The summed E-state index contributed by atoms with van der Waals surface area (Å²) in [4.78, 5) is 14.1. The van der Waals surface area contributed by atoms with Gasteiger partial charge in [-0.1, -0.05) is 0 Å². The van der Waals surface area contributed by atoms with Crippen LogP contribution >= 0.6 is 0 Å². The highest BCUT2D eigenvalue weighted by atomic mass is 19.1. The van der Waals surface area contributed by atoms with Gasteiger partial charge in [-0.3, -0.25) is 4.79 Å². The van der Waals surface area contributed by atoms with Gasteiger partial charge in [0.1, 0.15) is 11.6 Å². The number of carbonyl (C=O) groups is 1. The normalized spacial score (nSPS) is 26.3. The van der Waals surface area contributed by atoms with Crippen LogP contribution in [0.5, 0.6) is 5.75 Å². The quantitative estimate of drug-likeness (QED) is 0.808. The highest BCUT2D eigenvalue weighted by Gasteiger charge is 2.32. The number of carbonyl (C=O) groups excluding carboxylic acids is 1. The SMILES string of the molecule is O=C(c1cc(F)ccc1O)N1CCC2CCC(C1)N2. The van der Waals surface area contributed by atoms with E-state index in [2.05, 4.69) is 5.32 Å². The molecule has 2 aliphatic rings. The van der Waals surface area contributed by atoms with Crippen LogP contribution in [-0.4, -0.2) is 41.1 Å². The van der Waals surface area contributed by atoms with Crippen LogP contribution < -0.4 is 5.32 Å². The van der Waals surface area contributed by atoms with Gasteiger partial charge in [-0.05, 0) is 37.5 Å². The third kappa shape index (κ3) is 2.42. The van der Waals surface area contributed by atoms with Gasteiger partial charge in [0.25, 0.3) is 5.91 Å². The molecule has 102 valence electrons. The Morgan fingerprint density at radius 1 is 1.32 bits per heavy atom. The van der Waals surface area contributed by atoms with Crippen molar-refractivity contribution in [1.82, 2.24) is 10.2 Å². The van der Waals surface area contributed by atoms with Crippen molar-refractivity contribution in [2.45, 2.75) is 31.3 Å². The zero-order valence-electron chi connectivity index (χ0n) is 10.6. The summed E-state index contributed by atoms with van der Waals surface area (Å²) in [6.45, 7) is 1.29. The standard InChI is InChI=1S/C14H17FN2O2/c15-9-1-4-13(18)12(7-9)14(19)17-6-5-10-2-3-11(8-17)16-10/h1,4,7,10-11,16,18H,2-3,5-6,8H2. The molecule has 0 aromatic heterocycles. The van der Waals surface area contributed by atoms with Crippen LogP contribution in [0.3, 0.4) is 0 Å². The zero-order chi connectivity index (χ0) is 13.4. The monoisotopic (exact) mass is 264 g/mol. The first-order valence-electron chi connectivity index (χ1n) is 6.67. The smallest absolute Gasteiger partial charge is 0.257 e. The minimum atomic E-state index is -0.504. The lowest BCUT2D eigenvalue weighted by molar-refractivity contribution is 0.0744. The van der Waals surface area contributed by atoms with Crippen LogP contribution in [0.25, 0.3) is 0 Å². The van der Waals surface area contributed by atoms with E-state index in [-0.39, 0.29) is 17.2 Å². The highest BCUT2D eigenvalue weighted by molar-refractivity contribution is 5.96. The Balaban J connectivity index is 1.81. The Morgan fingerprint density at radius 2 is 2.11 bits per heavy atom.